The number of aromatic nitrogens is 1. The third-order valence-corrected chi connectivity index (χ3v) is 2.05. The van der Waals surface area contributed by atoms with E-state index in [2.05, 4.69) is 4.98 Å². The first-order chi connectivity index (χ1) is 8.99. The Morgan fingerprint density at radius 2 is 2.16 bits per heavy atom. The van der Waals surface area contributed by atoms with Crippen LogP contribution >= 0.6 is 0 Å². The number of pyridine rings is 1. The highest BCUT2D eigenvalue weighted by molar-refractivity contribution is 6.05. The van der Waals surface area contributed by atoms with Gasteiger partial charge >= 0.3 is 5.97 Å². The molecule has 0 atom stereocenters. The summed E-state index contributed by atoms with van der Waals surface area (Å²) in [4.78, 5) is 37.2. The van der Waals surface area contributed by atoms with Crippen molar-refractivity contribution < 1.29 is 24.2 Å². The fourth-order valence-corrected chi connectivity index (χ4v) is 1.23. The Morgan fingerprint density at radius 1 is 1.47 bits per heavy atom. The summed E-state index contributed by atoms with van der Waals surface area (Å²) in [6, 6.07) is 1.17. The van der Waals surface area contributed by atoms with Crippen molar-refractivity contribution in [3.05, 3.63) is 23.5 Å². The van der Waals surface area contributed by atoms with E-state index in [4.69, 9.17) is 15.6 Å². The molecule has 0 aliphatic rings. The van der Waals surface area contributed by atoms with Gasteiger partial charge in [-0.2, -0.15) is 0 Å². The number of hydrogen-bond donors (Lipinski definition) is 3. The number of carboxylic acid groups (broad SMARTS) is 1. The van der Waals surface area contributed by atoms with E-state index < -0.39 is 17.8 Å². The van der Waals surface area contributed by atoms with Crippen molar-refractivity contribution in [2.24, 2.45) is 5.73 Å². The quantitative estimate of drug-likeness (QED) is 0.648. The predicted octanol–water partition coefficient (Wildman–Crippen LogP) is -0.606. The third kappa shape index (κ3) is 3.75. The number of carbonyl (C=O) groups excluding carboxylic acids is 2. The summed E-state index contributed by atoms with van der Waals surface area (Å²) in [5.74, 6) is -2.67. The lowest BCUT2D eigenvalue weighted by molar-refractivity contribution is -0.118. The molecule has 0 saturated heterocycles. The summed E-state index contributed by atoms with van der Waals surface area (Å²) in [5.41, 5.74) is 4.77. The van der Waals surface area contributed by atoms with Crippen LogP contribution in [-0.4, -0.2) is 41.0 Å². The van der Waals surface area contributed by atoms with Crippen molar-refractivity contribution in [3.63, 3.8) is 0 Å². The van der Waals surface area contributed by atoms with Gasteiger partial charge in [0.05, 0.1) is 18.7 Å². The van der Waals surface area contributed by atoms with Crippen LogP contribution in [0.2, 0.25) is 0 Å². The van der Waals surface area contributed by atoms with E-state index in [9.17, 15) is 14.4 Å². The second kappa shape index (κ2) is 6.45. The smallest absolute Gasteiger partial charge is 0.337 e. The van der Waals surface area contributed by atoms with Gasteiger partial charge in [-0.15, -0.1) is 0 Å². The van der Waals surface area contributed by atoms with Crippen molar-refractivity contribution in [3.8, 4) is 5.75 Å². The molecule has 0 aliphatic carbocycles. The van der Waals surface area contributed by atoms with E-state index in [1.54, 1.807) is 6.92 Å². The average molecular weight is 267 g/mol. The highest BCUT2D eigenvalue weighted by Gasteiger charge is 2.18. The van der Waals surface area contributed by atoms with Gasteiger partial charge in [-0.05, 0) is 13.0 Å². The third-order valence-electron chi connectivity index (χ3n) is 2.05. The van der Waals surface area contributed by atoms with Crippen LogP contribution in [0.5, 0.6) is 5.75 Å². The van der Waals surface area contributed by atoms with Gasteiger partial charge in [0, 0.05) is 6.20 Å². The molecule has 2 amide bonds. The molecule has 0 unspecified atom stereocenters. The predicted molar refractivity (Wildman–Crippen MR) is 63.9 cm³/mol. The maximum Gasteiger partial charge on any atom is 0.337 e. The standard InChI is InChI=1S/C11H13N3O5/c1-2-19-7-3-6(11(17)18)5-13-9(7)10(16)14-8(15)4-12/h3,5H,2,4,12H2,1H3,(H,17,18)(H,14,15,16). The molecule has 0 aromatic carbocycles. The second-order valence-corrected chi connectivity index (χ2v) is 3.39. The molecule has 0 bridgehead atoms. The van der Waals surface area contributed by atoms with Crippen LogP contribution in [0.4, 0.5) is 0 Å². The van der Waals surface area contributed by atoms with E-state index in [1.807, 2.05) is 5.32 Å². The Bertz CT molecular complexity index is 515. The van der Waals surface area contributed by atoms with Gasteiger partial charge in [-0.3, -0.25) is 14.9 Å². The summed E-state index contributed by atoms with van der Waals surface area (Å²) >= 11 is 0. The summed E-state index contributed by atoms with van der Waals surface area (Å²) in [7, 11) is 0. The number of rotatable bonds is 5. The first-order valence-electron chi connectivity index (χ1n) is 5.40. The van der Waals surface area contributed by atoms with Crippen molar-refractivity contribution in [2.75, 3.05) is 13.2 Å². The Labute approximate surface area is 108 Å². The Hall–Kier alpha value is -2.48. The molecule has 8 heteroatoms. The minimum atomic E-state index is -1.20. The molecule has 0 radical (unpaired) electrons. The Morgan fingerprint density at radius 3 is 2.68 bits per heavy atom. The number of amides is 2. The van der Waals surface area contributed by atoms with Crippen LogP contribution in [0.1, 0.15) is 27.8 Å². The monoisotopic (exact) mass is 267 g/mol. The number of nitrogens with zero attached hydrogens (tertiary/aromatic N) is 1. The van der Waals surface area contributed by atoms with E-state index in [0.717, 1.165) is 6.20 Å². The fourth-order valence-electron chi connectivity index (χ4n) is 1.23. The largest absolute Gasteiger partial charge is 0.491 e. The number of ether oxygens (including phenoxy) is 1. The molecule has 0 spiro atoms. The average Bonchev–Trinajstić information content (AvgIpc) is 2.38. The molecular weight excluding hydrogens is 254 g/mol. The first-order valence-corrected chi connectivity index (χ1v) is 5.40. The van der Waals surface area contributed by atoms with Crippen LogP contribution in [0, 0.1) is 0 Å². The SMILES string of the molecule is CCOc1cc(C(=O)O)cnc1C(=O)NC(=O)CN. The van der Waals surface area contributed by atoms with Crippen LogP contribution in [0.3, 0.4) is 0 Å². The van der Waals surface area contributed by atoms with E-state index in [1.165, 1.54) is 6.07 Å². The van der Waals surface area contributed by atoms with Crippen LogP contribution in [0.25, 0.3) is 0 Å². The summed E-state index contributed by atoms with van der Waals surface area (Å²) in [5, 5.41) is 10.8. The highest BCUT2D eigenvalue weighted by Crippen LogP contribution is 2.18. The number of nitrogens with two attached hydrogens (primary N) is 1. The van der Waals surface area contributed by atoms with E-state index in [0.29, 0.717) is 0 Å². The van der Waals surface area contributed by atoms with Gasteiger partial charge in [0.25, 0.3) is 5.91 Å². The number of nitrogens with one attached hydrogen (secondary N) is 1. The molecule has 1 aromatic heterocycles. The Balaban J connectivity index is 3.08. The number of imide groups is 1. The lowest BCUT2D eigenvalue weighted by atomic mass is 10.2. The summed E-state index contributed by atoms with van der Waals surface area (Å²) in [6.07, 6.45) is 1.01. The van der Waals surface area contributed by atoms with E-state index >= 15 is 0 Å². The van der Waals surface area contributed by atoms with Gasteiger partial charge in [0.1, 0.15) is 0 Å². The van der Waals surface area contributed by atoms with Crippen LogP contribution in [0.15, 0.2) is 12.3 Å². The van der Waals surface area contributed by atoms with Gasteiger partial charge < -0.3 is 15.6 Å². The molecule has 19 heavy (non-hydrogen) atoms. The highest BCUT2D eigenvalue weighted by atomic mass is 16.5. The first kappa shape index (κ1) is 14.6. The van der Waals surface area contributed by atoms with Gasteiger partial charge in [-0.25, -0.2) is 9.78 Å². The zero-order valence-electron chi connectivity index (χ0n) is 10.2. The lowest BCUT2D eigenvalue weighted by Gasteiger charge is -2.09. The van der Waals surface area contributed by atoms with Crippen LogP contribution in [-0.2, 0) is 4.79 Å². The topological polar surface area (TPSA) is 132 Å². The molecule has 1 aromatic rings. The molecule has 4 N–H and O–H groups in total. The van der Waals surface area contributed by atoms with Crippen molar-refractivity contribution in [1.82, 2.24) is 10.3 Å². The van der Waals surface area contributed by atoms with Crippen molar-refractivity contribution in [1.29, 1.82) is 0 Å². The normalized spacial score (nSPS) is 9.79. The number of carboxylic acids is 1. The fraction of sp³-hybridized carbons (Fsp3) is 0.273. The number of aromatic carboxylic acids is 1. The van der Waals surface area contributed by atoms with E-state index in [-0.39, 0.29) is 30.2 Å². The molecule has 102 valence electrons. The minimum absolute atomic E-state index is 0.00952. The van der Waals surface area contributed by atoms with Crippen LogP contribution < -0.4 is 15.8 Å². The summed E-state index contributed by atoms with van der Waals surface area (Å²) in [6.45, 7) is 1.54. The molecule has 0 saturated carbocycles. The molecule has 8 nitrogen and oxygen atoms in total. The zero-order valence-corrected chi connectivity index (χ0v) is 10.2. The maximum absolute atomic E-state index is 11.7. The summed E-state index contributed by atoms with van der Waals surface area (Å²) < 4.78 is 5.13. The van der Waals surface area contributed by atoms with Gasteiger partial charge in [0.15, 0.2) is 11.4 Å². The molecule has 1 rings (SSSR count). The Kier molecular flexibility index (Phi) is 4.95. The molecule has 0 aliphatic heterocycles. The molecular formula is C11H13N3O5. The van der Waals surface area contributed by atoms with Crippen molar-refractivity contribution in [2.45, 2.75) is 6.92 Å². The molecule has 0 fully saturated rings. The minimum Gasteiger partial charge on any atom is -0.491 e. The van der Waals surface area contributed by atoms with Gasteiger partial charge in [0.2, 0.25) is 5.91 Å². The maximum atomic E-state index is 11.7. The lowest BCUT2D eigenvalue weighted by Crippen LogP contribution is -2.36. The van der Waals surface area contributed by atoms with Crippen molar-refractivity contribution >= 4 is 17.8 Å². The number of carbonyl (C=O) groups is 3. The molecule has 1 heterocycles. The zero-order chi connectivity index (χ0) is 14.4. The second-order valence-electron chi connectivity index (χ2n) is 3.39. The van der Waals surface area contributed by atoms with Gasteiger partial charge in [-0.1, -0.05) is 0 Å². The number of hydrogen-bond acceptors (Lipinski definition) is 6.